The zero-order valence-electron chi connectivity index (χ0n) is 11.1. The minimum atomic E-state index is -0.0356. The van der Waals surface area contributed by atoms with E-state index in [0.717, 1.165) is 11.0 Å². The third-order valence-electron chi connectivity index (χ3n) is 2.93. The Balaban J connectivity index is 1.96. The second kappa shape index (κ2) is 6.10. The molecule has 1 amide bonds. The molecule has 1 N–H and O–H groups in total. The summed E-state index contributed by atoms with van der Waals surface area (Å²) in [6.07, 6.45) is 5.91. The molecule has 0 atom stereocenters. The lowest BCUT2D eigenvalue weighted by Gasteiger charge is -2.12. The molecule has 2 rings (SSSR count). The molecule has 0 spiro atoms. The van der Waals surface area contributed by atoms with Crippen LogP contribution in [-0.2, 0) is 6.54 Å². The molecule has 0 aliphatic heterocycles. The number of carbonyl (C=O) groups is 1. The number of nitrogens with one attached hydrogen (secondary N) is 1. The van der Waals surface area contributed by atoms with Gasteiger partial charge in [-0.15, -0.1) is 0 Å². The summed E-state index contributed by atoms with van der Waals surface area (Å²) < 4.78 is 4.93. The highest BCUT2D eigenvalue weighted by Crippen LogP contribution is 2.19. The van der Waals surface area contributed by atoms with Crippen molar-refractivity contribution >= 4 is 21.8 Å². The maximum absolute atomic E-state index is 12.1. The van der Waals surface area contributed by atoms with Gasteiger partial charge < -0.3 is 14.5 Å². The van der Waals surface area contributed by atoms with E-state index in [1.807, 2.05) is 45.9 Å². The van der Waals surface area contributed by atoms with Crippen LogP contribution in [0.25, 0.3) is 0 Å². The smallest absolute Gasteiger partial charge is 0.268 e. The highest BCUT2D eigenvalue weighted by molar-refractivity contribution is 9.10. The van der Waals surface area contributed by atoms with E-state index in [1.54, 1.807) is 0 Å². The van der Waals surface area contributed by atoms with Crippen LogP contribution in [-0.4, -0.2) is 21.6 Å². The van der Waals surface area contributed by atoms with E-state index >= 15 is 0 Å². The quantitative estimate of drug-likeness (QED) is 0.902. The van der Waals surface area contributed by atoms with E-state index in [4.69, 9.17) is 0 Å². The Morgan fingerprint density at radius 1 is 1.37 bits per heavy atom. The Morgan fingerprint density at radius 3 is 2.68 bits per heavy atom. The summed E-state index contributed by atoms with van der Waals surface area (Å²) in [7, 11) is 0. The minimum absolute atomic E-state index is 0.0356. The van der Waals surface area contributed by atoms with Gasteiger partial charge in [-0.1, -0.05) is 0 Å². The van der Waals surface area contributed by atoms with Crippen molar-refractivity contribution in [3.8, 4) is 0 Å². The molecule has 0 unspecified atom stereocenters. The van der Waals surface area contributed by atoms with E-state index in [-0.39, 0.29) is 11.9 Å². The van der Waals surface area contributed by atoms with Gasteiger partial charge in [-0.3, -0.25) is 4.79 Å². The van der Waals surface area contributed by atoms with Crippen LogP contribution in [0, 0.1) is 0 Å². The van der Waals surface area contributed by atoms with Crippen LogP contribution < -0.4 is 5.32 Å². The molecule has 4 nitrogen and oxygen atoms in total. The third-order valence-corrected chi connectivity index (χ3v) is 3.36. The normalized spacial score (nSPS) is 10.9. The van der Waals surface area contributed by atoms with Gasteiger partial charge in [0.05, 0.1) is 0 Å². The van der Waals surface area contributed by atoms with E-state index in [1.165, 1.54) is 0 Å². The summed E-state index contributed by atoms with van der Waals surface area (Å²) in [4.78, 5) is 12.1. The molecule has 0 bridgehead atoms. The number of halogens is 1. The van der Waals surface area contributed by atoms with Crippen LogP contribution in [0.3, 0.4) is 0 Å². The third kappa shape index (κ3) is 3.50. The van der Waals surface area contributed by atoms with Gasteiger partial charge in [0.2, 0.25) is 0 Å². The summed E-state index contributed by atoms with van der Waals surface area (Å²) in [6.45, 7) is 5.52. The van der Waals surface area contributed by atoms with Crippen LogP contribution >= 0.6 is 15.9 Å². The zero-order chi connectivity index (χ0) is 13.8. The lowest BCUT2D eigenvalue weighted by molar-refractivity contribution is 0.0941. The van der Waals surface area contributed by atoms with Gasteiger partial charge in [-0.25, -0.2) is 0 Å². The Hall–Kier alpha value is -1.49. The molecular formula is C14H18BrN3O. The first-order valence-electron chi connectivity index (χ1n) is 6.34. The minimum Gasteiger partial charge on any atom is -0.353 e. The number of hydrogen-bond acceptors (Lipinski definition) is 1. The number of carbonyl (C=O) groups excluding carboxylic acids is 1. The monoisotopic (exact) mass is 323 g/mol. The Morgan fingerprint density at radius 2 is 2.05 bits per heavy atom. The van der Waals surface area contributed by atoms with Gasteiger partial charge >= 0.3 is 0 Å². The van der Waals surface area contributed by atoms with Crippen molar-refractivity contribution < 1.29 is 4.79 Å². The summed E-state index contributed by atoms with van der Waals surface area (Å²) >= 11 is 3.41. The van der Waals surface area contributed by atoms with Gasteiger partial charge in [-0.2, -0.15) is 0 Å². The Labute approximate surface area is 121 Å². The molecule has 0 aromatic carbocycles. The van der Waals surface area contributed by atoms with E-state index in [2.05, 4.69) is 35.1 Å². The average Bonchev–Trinajstić information content (AvgIpc) is 2.98. The molecule has 0 fully saturated rings. The van der Waals surface area contributed by atoms with Crippen molar-refractivity contribution in [3.63, 3.8) is 0 Å². The van der Waals surface area contributed by atoms with Crippen LogP contribution in [0.5, 0.6) is 0 Å². The highest BCUT2D eigenvalue weighted by atomic mass is 79.9. The van der Waals surface area contributed by atoms with Gasteiger partial charge in [0.25, 0.3) is 5.91 Å². The zero-order valence-corrected chi connectivity index (χ0v) is 12.7. The standard InChI is InChI=1S/C14H18BrN3O/c1-11(2)18-10-12(15)9-13(18)14(19)16-5-8-17-6-3-4-7-17/h3-4,6-7,9-11H,5,8H2,1-2H3,(H,16,19). The second-order valence-electron chi connectivity index (χ2n) is 4.72. The number of amides is 1. The molecule has 0 aliphatic carbocycles. The summed E-state index contributed by atoms with van der Waals surface area (Å²) in [6, 6.07) is 6.06. The number of rotatable bonds is 5. The highest BCUT2D eigenvalue weighted by Gasteiger charge is 2.14. The Kier molecular flexibility index (Phi) is 4.47. The first-order valence-corrected chi connectivity index (χ1v) is 7.13. The van der Waals surface area contributed by atoms with Gasteiger partial charge in [0, 0.05) is 42.2 Å². The Bertz CT molecular complexity index is 543. The fourth-order valence-corrected chi connectivity index (χ4v) is 2.40. The maximum Gasteiger partial charge on any atom is 0.268 e. The molecule has 0 saturated carbocycles. The molecule has 2 aromatic heterocycles. The van der Waals surface area contributed by atoms with Crippen molar-refractivity contribution in [1.82, 2.24) is 14.5 Å². The fraction of sp³-hybridized carbons (Fsp3) is 0.357. The largest absolute Gasteiger partial charge is 0.353 e. The van der Waals surface area contributed by atoms with Crippen molar-refractivity contribution in [2.75, 3.05) is 6.54 Å². The molecule has 2 aromatic rings. The van der Waals surface area contributed by atoms with Crippen molar-refractivity contribution in [2.45, 2.75) is 26.4 Å². The van der Waals surface area contributed by atoms with Crippen LogP contribution in [0.4, 0.5) is 0 Å². The predicted octanol–water partition coefficient (Wildman–Crippen LogP) is 3.06. The molecule has 0 radical (unpaired) electrons. The lowest BCUT2D eigenvalue weighted by atomic mass is 10.3. The fourth-order valence-electron chi connectivity index (χ4n) is 1.96. The van der Waals surface area contributed by atoms with Crippen LogP contribution in [0.15, 0.2) is 41.3 Å². The molecular weight excluding hydrogens is 306 g/mol. The molecule has 19 heavy (non-hydrogen) atoms. The first kappa shape index (κ1) is 13.9. The van der Waals surface area contributed by atoms with Crippen molar-refractivity contribution in [1.29, 1.82) is 0 Å². The van der Waals surface area contributed by atoms with E-state index in [9.17, 15) is 4.79 Å². The average molecular weight is 324 g/mol. The van der Waals surface area contributed by atoms with Crippen molar-refractivity contribution in [2.24, 2.45) is 0 Å². The maximum atomic E-state index is 12.1. The second-order valence-corrected chi connectivity index (χ2v) is 5.64. The van der Waals surface area contributed by atoms with Crippen LogP contribution in [0.1, 0.15) is 30.4 Å². The number of hydrogen-bond donors (Lipinski definition) is 1. The number of nitrogens with zero attached hydrogens (tertiary/aromatic N) is 2. The van der Waals surface area contributed by atoms with E-state index < -0.39 is 0 Å². The van der Waals surface area contributed by atoms with Crippen molar-refractivity contribution in [3.05, 3.63) is 47.0 Å². The predicted molar refractivity (Wildman–Crippen MR) is 79.3 cm³/mol. The number of aromatic nitrogens is 2. The SMILES string of the molecule is CC(C)n1cc(Br)cc1C(=O)NCCn1cccc1. The van der Waals surface area contributed by atoms with Gasteiger partial charge in [0.1, 0.15) is 5.69 Å². The molecule has 2 heterocycles. The summed E-state index contributed by atoms with van der Waals surface area (Å²) in [5.74, 6) is -0.0356. The van der Waals surface area contributed by atoms with Crippen LogP contribution in [0.2, 0.25) is 0 Å². The molecule has 0 aliphatic rings. The summed E-state index contributed by atoms with van der Waals surface area (Å²) in [5.41, 5.74) is 0.689. The topological polar surface area (TPSA) is 39.0 Å². The summed E-state index contributed by atoms with van der Waals surface area (Å²) in [5, 5.41) is 2.94. The lowest BCUT2D eigenvalue weighted by Crippen LogP contribution is -2.29. The molecule has 0 saturated heterocycles. The molecule has 102 valence electrons. The van der Waals surface area contributed by atoms with Gasteiger partial charge in [0.15, 0.2) is 0 Å². The molecule has 5 heteroatoms. The van der Waals surface area contributed by atoms with Gasteiger partial charge in [-0.05, 0) is 48.0 Å². The first-order chi connectivity index (χ1) is 9.08. The van der Waals surface area contributed by atoms with E-state index in [0.29, 0.717) is 12.2 Å².